The van der Waals surface area contributed by atoms with Gasteiger partial charge in [-0.15, -0.1) is 0 Å². The second kappa shape index (κ2) is 5.89. The third-order valence-electron chi connectivity index (χ3n) is 4.85. The summed E-state index contributed by atoms with van der Waals surface area (Å²) in [6.07, 6.45) is 5.06. The highest BCUT2D eigenvalue weighted by atomic mass is 14.4. The smallest absolute Gasteiger partial charge is 0.0152 e. The van der Waals surface area contributed by atoms with Gasteiger partial charge in [-0.3, -0.25) is 0 Å². The quantitative estimate of drug-likeness (QED) is 0.477. The maximum absolute atomic E-state index is 4.22. The first-order valence-corrected chi connectivity index (χ1v) is 6.87. The van der Waals surface area contributed by atoms with Crippen molar-refractivity contribution in [3.05, 3.63) is 12.2 Å². The lowest BCUT2D eigenvalue weighted by Crippen LogP contribution is -2.30. The Labute approximate surface area is 104 Å². The van der Waals surface area contributed by atoms with Crippen LogP contribution in [0.25, 0.3) is 0 Å². The lowest BCUT2D eigenvalue weighted by molar-refractivity contribution is 0.143. The topological polar surface area (TPSA) is 0 Å². The molecule has 0 aliphatic heterocycles. The third-order valence-corrected chi connectivity index (χ3v) is 4.85. The van der Waals surface area contributed by atoms with Crippen LogP contribution in [0.5, 0.6) is 0 Å². The molecule has 0 saturated carbocycles. The Bertz CT molecular complexity index is 218. The van der Waals surface area contributed by atoms with E-state index < -0.39 is 0 Å². The van der Waals surface area contributed by atoms with Crippen LogP contribution in [-0.2, 0) is 0 Å². The minimum absolute atomic E-state index is 0.386. The number of allylic oxidation sites excluding steroid dienone is 1. The lowest BCUT2D eigenvalue weighted by Gasteiger charge is -2.40. The highest BCUT2D eigenvalue weighted by molar-refractivity contribution is 5.04. The Morgan fingerprint density at radius 2 is 1.44 bits per heavy atom. The van der Waals surface area contributed by atoms with Crippen molar-refractivity contribution in [3.8, 4) is 0 Å². The van der Waals surface area contributed by atoms with Gasteiger partial charge in [-0.1, -0.05) is 73.0 Å². The van der Waals surface area contributed by atoms with Gasteiger partial charge >= 0.3 is 0 Å². The summed E-state index contributed by atoms with van der Waals surface area (Å²) in [4.78, 5) is 0. The molecule has 96 valence electrons. The van der Waals surface area contributed by atoms with E-state index in [1.165, 1.54) is 31.3 Å². The van der Waals surface area contributed by atoms with Gasteiger partial charge in [0.2, 0.25) is 0 Å². The highest BCUT2D eigenvalue weighted by Gasteiger charge is 2.33. The van der Waals surface area contributed by atoms with Crippen LogP contribution >= 0.6 is 0 Å². The van der Waals surface area contributed by atoms with E-state index in [2.05, 4.69) is 55.0 Å². The van der Waals surface area contributed by atoms with Crippen molar-refractivity contribution in [3.63, 3.8) is 0 Å². The van der Waals surface area contributed by atoms with Crippen LogP contribution in [0.2, 0.25) is 0 Å². The third kappa shape index (κ3) is 3.96. The molecule has 0 fully saturated rings. The Morgan fingerprint density at radius 3 is 1.69 bits per heavy atom. The molecule has 0 saturated heterocycles. The summed E-state index contributed by atoms with van der Waals surface area (Å²) in [5.74, 6) is 0.655. The van der Waals surface area contributed by atoms with Crippen molar-refractivity contribution in [2.24, 2.45) is 16.7 Å². The predicted octanol–water partition coefficient (Wildman–Crippen LogP) is 5.83. The Hall–Kier alpha value is -0.260. The zero-order chi connectivity index (χ0) is 13.0. The van der Waals surface area contributed by atoms with Crippen LogP contribution in [0.15, 0.2) is 12.2 Å². The fourth-order valence-electron chi connectivity index (χ4n) is 2.40. The zero-order valence-corrected chi connectivity index (χ0v) is 12.6. The van der Waals surface area contributed by atoms with E-state index in [0.717, 1.165) is 0 Å². The fraction of sp³-hybridized carbons (Fsp3) is 0.875. The molecule has 0 spiro atoms. The molecule has 0 aromatic carbocycles. The highest BCUT2D eigenvalue weighted by Crippen LogP contribution is 2.44. The molecule has 0 aromatic heterocycles. The van der Waals surface area contributed by atoms with Crippen molar-refractivity contribution in [1.82, 2.24) is 0 Å². The lowest BCUT2D eigenvalue weighted by atomic mass is 9.65. The monoisotopic (exact) mass is 224 g/mol. The predicted molar refractivity (Wildman–Crippen MR) is 75.7 cm³/mol. The van der Waals surface area contributed by atoms with Gasteiger partial charge in [0, 0.05) is 0 Å². The normalized spacial score (nSPS) is 14.9. The first-order valence-electron chi connectivity index (χ1n) is 6.87. The van der Waals surface area contributed by atoms with Crippen LogP contribution in [0.1, 0.15) is 74.1 Å². The van der Waals surface area contributed by atoms with Gasteiger partial charge in [0.15, 0.2) is 0 Å². The molecule has 0 aromatic rings. The first-order chi connectivity index (χ1) is 7.22. The largest absolute Gasteiger partial charge is 0.0998 e. The van der Waals surface area contributed by atoms with Crippen LogP contribution in [0, 0.1) is 16.7 Å². The number of hydrogen-bond donors (Lipinski definition) is 0. The summed E-state index contributed by atoms with van der Waals surface area (Å²) in [5, 5.41) is 0. The molecule has 0 aliphatic rings. The fourth-order valence-corrected chi connectivity index (χ4v) is 2.40. The summed E-state index contributed by atoms with van der Waals surface area (Å²) in [5.41, 5.74) is 2.23. The minimum atomic E-state index is 0.386. The van der Waals surface area contributed by atoms with Crippen molar-refractivity contribution in [2.75, 3.05) is 0 Å². The van der Waals surface area contributed by atoms with Gasteiger partial charge < -0.3 is 0 Å². The van der Waals surface area contributed by atoms with Crippen molar-refractivity contribution in [2.45, 2.75) is 74.1 Å². The van der Waals surface area contributed by atoms with Gasteiger partial charge in [-0.05, 0) is 30.1 Å². The van der Waals surface area contributed by atoms with Crippen molar-refractivity contribution in [1.29, 1.82) is 0 Å². The molecule has 0 bridgehead atoms. The molecule has 1 unspecified atom stereocenters. The second-order valence-corrected chi connectivity index (χ2v) is 6.46. The van der Waals surface area contributed by atoms with Crippen LogP contribution in [-0.4, -0.2) is 0 Å². The maximum atomic E-state index is 4.22. The standard InChI is InChI=1S/C16H32/c1-9-15(6,7)14(13(4)5)12-16(8,10-2)11-3/h14H,4,9-12H2,1-3,5-8H3. The summed E-state index contributed by atoms with van der Waals surface area (Å²) < 4.78 is 0. The number of hydrogen-bond acceptors (Lipinski definition) is 0. The van der Waals surface area contributed by atoms with Crippen LogP contribution < -0.4 is 0 Å². The van der Waals surface area contributed by atoms with E-state index in [1.54, 1.807) is 0 Å². The van der Waals surface area contributed by atoms with E-state index in [0.29, 0.717) is 16.7 Å². The molecule has 0 aliphatic carbocycles. The molecular formula is C16H32. The molecule has 0 N–H and O–H groups in total. The van der Waals surface area contributed by atoms with Crippen LogP contribution in [0.3, 0.4) is 0 Å². The molecular weight excluding hydrogens is 192 g/mol. The maximum Gasteiger partial charge on any atom is -0.0152 e. The van der Waals surface area contributed by atoms with E-state index in [4.69, 9.17) is 0 Å². The molecule has 16 heavy (non-hydrogen) atoms. The van der Waals surface area contributed by atoms with E-state index in [9.17, 15) is 0 Å². The SMILES string of the molecule is C=C(C)C(CC(C)(CC)CC)C(C)(C)CC. The molecule has 1 atom stereocenters. The average Bonchev–Trinajstić information content (AvgIpc) is 2.25. The van der Waals surface area contributed by atoms with Gasteiger partial charge in [-0.2, -0.15) is 0 Å². The summed E-state index contributed by atoms with van der Waals surface area (Å²) >= 11 is 0. The zero-order valence-electron chi connectivity index (χ0n) is 12.6. The van der Waals surface area contributed by atoms with Crippen molar-refractivity contribution < 1.29 is 0 Å². The molecule has 0 heteroatoms. The molecule has 0 radical (unpaired) electrons. The molecule has 0 nitrogen and oxygen atoms in total. The van der Waals surface area contributed by atoms with Crippen molar-refractivity contribution >= 4 is 0 Å². The van der Waals surface area contributed by atoms with Gasteiger partial charge in [0.25, 0.3) is 0 Å². The van der Waals surface area contributed by atoms with Gasteiger partial charge in [-0.25, -0.2) is 0 Å². The van der Waals surface area contributed by atoms with Gasteiger partial charge in [0.1, 0.15) is 0 Å². The average molecular weight is 224 g/mol. The Balaban J connectivity index is 4.90. The van der Waals surface area contributed by atoms with E-state index in [1.807, 2.05) is 0 Å². The van der Waals surface area contributed by atoms with Gasteiger partial charge in [0.05, 0.1) is 0 Å². The second-order valence-electron chi connectivity index (χ2n) is 6.46. The number of rotatable bonds is 7. The Kier molecular flexibility index (Phi) is 5.79. The molecule has 0 rings (SSSR count). The van der Waals surface area contributed by atoms with E-state index >= 15 is 0 Å². The minimum Gasteiger partial charge on any atom is -0.0998 e. The Morgan fingerprint density at radius 1 is 1.00 bits per heavy atom. The molecule has 0 heterocycles. The summed E-state index contributed by atoms with van der Waals surface area (Å²) in [6.45, 7) is 20.6. The summed E-state index contributed by atoms with van der Waals surface area (Å²) in [6, 6.07) is 0. The first kappa shape index (κ1) is 15.7. The summed E-state index contributed by atoms with van der Waals surface area (Å²) in [7, 11) is 0. The van der Waals surface area contributed by atoms with E-state index in [-0.39, 0.29) is 0 Å². The van der Waals surface area contributed by atoms with Crippen LogP contribution in [0.4, 0.5) is 0 Å². The molecule has 0 amide bonds.